The van der Waals surface area contributed by atoms with Crippen LogP contribution in [0.4, 0.5) is 0 Å². The lowest BCUT2D eigenvalue weighted by atomic mass is 10.1. The first-order valence-corrected chi connectivity index (χ1v) is 7.64. The van der Waals surface area contributed by atoms with Gasteiger partial charge in [-0.2, -0.15) is 0 Å². The molecular weight excluding hydrogens is 260 g/mol. The van der Waals surface area contributed by atoms with Crippen LogP contribution in [0.5, 0.6) is 0 Å². The Hall–Kier alpha value is -1.65. The predicted octanol–water partition coefficient (Wildman–Crippen LogP) is 2.04. The van der Waals surface area contributed by atoms with Gasteiger partial charge in [-0.25, -0.2) is 4.98 Å². The van der Waals surface area contributed by atoms with Crippen LogP contribution in [-0.2, 0) is 13.0 Å². The van der Waals surface area contributed by atoms with Crippen molar-refractivity contribution in [3.05, 3.63) is 54.1 Å². The average Bonchev–Trinajstić information content (AvgIpc) is 2.94. The Labute approximate surface area is 127 Å². The first kappa shape index (κ1) is 14.3. The van der Waals surface area contributed by atoms with Crippen LogP contribution in [-0.4, -0.2) is 53.1 Å². The third-order valence-corrected chi connectivity index (χ3v) is 4.13. The summed E-state index contributed by atoms with van der Waals surface area (Å²) in [6.45, 7) is 4.29. The van der Waals surface area contributed by atoms with Gasteiger partial charge in [-0.1, -0.05) is 30.3 Å². The number of aromatic nitrogens is 2. The number of imidazole rings is 1. The van der Waals surface area contributed by atoms with Crippen LogP contribution >= 0.6 is 0 Å². The molecule has 1 aromatic carbocycles. The molecule has 1 aliphatic rings. The van der Waals surface area contributed by atoms with E-state index in [4.69, 9.17) is 0 Å². The molecular formula is C17H24N4. The lowest BCUT2D eigenvalue weighted by Crippen LogP contribution is -2.41. The highest BCUT2D eigenvalue weighted by molar-refractivity contribution is 5.15. The Morgan fingerprint density at radius 1 is 1.24 bits per heavy atom. The molecule has 0 spiro atoms. The van der Waals surface area contributed by atoms with E-state index in [0.717, 1.165) is 32.6 Å². The van der Waals surface area contributed by atoms with Gasteiger partial charge in [0.2, 0.25) is 0 Å². The Balaban J connectivity index is 1.65. The van der Waals surface area contributed by atoms with Gasteiger partial charge in [0.15, 0.2) is 0 Å². The predicted molar refractivity (Wildman–Crippen MR) is 85.2 cm³/mol. The molecule has 0 saturated heterocycles. The fourth-order valence-corrected chi connectivity index (χ4v) is 3.13. The van der Waals surface area contributed by atoms with Crippen molar-refractivity contribution >= 4 is 0 Å². The SMILES string of the molecule is CN(C)CC1CN(CCc2ccccc2)Cc2cncn21. The molecule has 0 bridgehead atoms. The van der Waals surface area contributed by atoms with Crippen LogP contribution in [0.2, 0.25) is 0 Å². The summed E-state index contributed by atoms with van der Waals surface area (Å²) >= 11 is 0. The molecule has 0 saturated carbocycles. The van der Waals surface area contributed by atoms with Crippen molar-refractivity contribution in [2.45, 2.75) is 19.0 Å². The maximum atomic E-state index is 4.33. The number of nitrogens with zero attached hydrogens (tertiary/aromatic N) is 4. The van der Waals surface area contributed by atoms with E-state index in [1.807, 2.05) is 12.5 Å². The monoisotopic (exact) mass is 284 g/mol. The van der Waals surface area contributed by atoms with E-state index in [1.54, 1.807) is 0 Å². The normalized spacial score (nSPS) is 18.9. The summed E-state index contributed by atoms with van der Waals surface area (Å²) in [5.74, 6) is 0. The van der Waals surface area contributed by atoms with Crippen LogP contribution in [0, 0.1) is 0 Å². The van der Waals surface area contributed by atoms with Gasteiger partial charge >= 0.3 is 0 Å². The van der Waals surface area contributed by atoms with E-state index >= 15 is 0 Å². The molecule has 112 valence electrons. The van der Waals surface area contributed by atoms with Crippen molar-refractivity contribution in [1.29, 1.82) is 0 Å². The van der Waals surface area contributed by atoms with E-state index in [0.29, 0.717) is 6.04 Å². The molecule has 0 amide bonds. The lowest BCUT2D eigenvalue weighted by Gasteiger charge is -2.35. The van der Waals surface area contributed by atoms with E-state index in [2.05, 4.69) is 63.8 Å². The second-order valence-electron chi connectivity index (χ2n) is 6.18. The maximum absolute atomic E-state index is 4.33. The summed E-state index contributed by atoms with van der Waals surface area (Å²) < 4.78 is 2.35. The van der Waals surface area contributed by atoms with Crippen LogP contribution in [0.1, 0.15) is 17.3 Å². The molecule has 0 radical (unpaired) electrons. The average molecular weight is 284 g/mol. The minimum absolute atomic E-state index is 0.502. The number of hydrogen-bond donors (Lipinski definition) is 0. The Morgan fingerprint density at radius 2 is 2.05 bits per heavy atom. The first-order chi connectivity index (χ1) is 10.2. The zero-order chi connectivity index (χ0) is 14.7. The van der Waals surface area contributed by atoms with Gasteiger partial charge in [-0.3, -0.25) is 4.90 Å². The van der Waals surface area contributed by atoms with Gasteiger partial charge in [0.1, 0.15) is 0 Å². The Kier molecular flexibility index (Phi) is 4.36. The third-order valence-electron chi connectivity index (χ3n) is 4.13. The molecule has 0 fully saturated rings. The van der Waals surface area contributed by atoms with Gasteiger partial charge in [0.25, 0.3) is 0 Å². The van der Waals surface area contributed by atoms with Crippen molar-refractivity contribution in [3.8, 4) is 0 Å². The molecule has 1 atom stereocenters. The van der Waals surface area contributed by atoms with Gasteiger partial charge < -0.3 is 9.47 Å². The summed E-state index contributed by atoms with van der Waals surface area (Å²) in [6, 6.07) is 11.2. The largest absolute Gasteiger partial charge is 0.328 e. The second-order valence-corrected chi connectivity index (χ2v) is 6.18. The van der Waals surface area contributed by atoms with Gasteiger partial charge in [0, 0.05) is 32.4 Å². The van der Waals surface area contributed by atoms with Gasteiger partial charge in [-0.05, 0) is 26.1 Å². The summed E-state index contributed by atoms with van der Waals surface area (Å²) in [5.41, 5.74) is 2.75. The fourth-order valence-electron chi connectivity index (χ4n) is 3.13. The van der Waals surface area contributed by atoms with Crippen molar-refractivity contribution in [1.82, 2.24) is 19.4 Å². The molecule has 21 heavy (non-hydrogen) atoms. The van der Waals surface area contributed by atoms with Crippen LogP contribution in [0.25, 0.3) is 0 Å². The standard InChI is InChI=1S/C17H24N4/c1-19(2)11-17-13-20(12-16-10-18-14-21(16)17)9-8-15-6-4-3-5-7-15/h3-7,10,14,17H,8-9,11-13H2,1-2H3. The number of benzene rings is 1. The molecule has 4 nitrogen and oxygen atoms in total. The first-order valence-electron chi connectivity index (χ1n) is 7.64. The highest BCUT2D eigenvalue weighted by Crippen LogP contribution is 2.21. The lowest BCUT2D eigenvalue weighted by molar-refractivity contribution is 0.164. The molecule has 2 aromatic rings. The van der Waals surface area contributed by atoms with E-state index in [-0.39, 0.29) is 0 Å². The number of hydrogen-bond acceptors (Lipinski definition) is 3. The summed E-state index contributed by atoms with van der Waals surface area (Å²) in [7, 11) is 4.28. The van der Waals surface area contributed by atoms with E-state index < -0.39 is 0 Å². The number of likely N-dealkylation sites (N-methyl/N-ethyl adjacent to an activating group) is 1. The molecule has 0 N–H and O–H groups in total. The van der Waals surface area contributed by atoms with Crippen LogP contribution < -0.4 is 0 Å². The summed E-state index contributed by atoms with van der Waals surface area (Å²) in [4.78, 5) is 9.14. The summed E-state index contributed by atoms with van der Waals surface area (Å²) in [6.07, 6.45) is 5.11. The van der Waals surface area contributed by atoms with Gasteiger partial charge in [-0.15, -0.1) is 0 Å². The summed E-state index contributed by atoms with van der Waals surface area (Å²) in [5, 5.41) is 0. The van der Waals surface area contributed by atoms with Crippen molar-refractivity contribution in [2.75, 3.05) is 33.7 Å². The van der Waals surface area contributed by atoms with E-state index in [1.165, 1.54) is 11.3 Å². The highest BCUT2D eigenvalue weighted by atomic mass is 15.3. The molecule has 3 rings (SSSR count). The van der Waals surface area contributed by atoms with Crippen LogP contribution in [0.15, 0.2) is 42.9 Å². The zero-order valence-corrected chi connectivity index (χ0v) is 12.9. The molecule has 1 aromatic heterocycles. The maximum Gasteiger partial charge on any atom is 0.0952 e. The molecule has 4 heteroatoms. The highest BCUT2D eigenvalue weighted by Gasteiger charge is 2.24. The topological polar surface area (TPSA) is 24.3 Å². The molecule has 1 unspecified atom stereocenters. The Morgan fingerprint density at radius 3 is 2.81 bits per heavy atom. The second kappa shape index (κ2) is 6.41. The van der Waals surface area contributed by atoms with Crippen molar-refractivity contribution < 1.29 is 0 Å². The quantitative estimate of drug-likeness (QED) is 0.840. The molecule has 1 aliphatic heterocycles. The smallest absolute Gasteiger partial charge is 0.0952 e. The number of rotatable bonds is 5. The minimum atomic E-state index is 0.502. The molecule has 0 aliphatic carbocycles. The third kappa shape index (κ3) is 3.52. The van der Waals surface area contributed by atoms with Gasteiger partial charge in [0.05, 0.1) is 18.1 Å². The minimum Gasteiger partial charge on any atom is -0.328 e. The van der Waals surface area contributed by atoms with Crippen LogP contribution in [0.3, 0.4) is 0 Å². The Bertz CT molecular complexity index is 561. The zero-order valence-electron chi connectivity index (χ0n) is 12.9. The van der Waals surface area contributed by atoms with E-state index in [9.17, 15) is 0 Å². The number of fused-ring (bicyclic) bond motifs is 1. The van der Waals surface area contributed by atoms with Crippen molar-refractivity contribution in [3.63, 3.8) is 0 Å². The fraction of sp³-hybridized carbons (Fsp3) is 0.471. The molecule has 2 heterocycles. The van der Waals surface area contributed by atoms with Crippen molar-refractivity contribution in [2.24, 2.45) is 0 Å².